The van der Waals surface area contributed by atoms with Crippen molar-refractivity contribution < 1.29 is 9.47 Å². The van der Waals surface area contributed by atoms with Crippen molar-refractivity contribution in [1.82, 2.24) is 9.55 Å². The molecule has 2 rings (SSSR count). The molecule has 0 spiro atoms. The lowest BCUT2D eigenvalue weighted by molar-refractivity contribution is 0.113. The molecule has 2 aromatic rings. The molecule has 0 unspecified atom stereocenters. The SMILES string of the molecule is C#CC(C)(C)c1ncn(COC)c1CCOCc1ccccc1. The minimum absolute atomic E-state index is 0.409. The zero-order valence-corrected chi connectivity index (χ0v) is 14.1. The van der Waals surface area contributed by atoms with Crippen LogP contribution in [0.1, 0.15) is 30.8 Å². The van der Waals surface area contributed by atoms with Crippen LogP contribution in [-0.2, 0) is 34.6 Å². The monoisotopic (exact) mass is 312 g/mol. The van der Waals surface area contributed by atoms with Crippen LogP contribution in [-0.4, -0.2) is 23.3 Å². The van der Waals surface area contributed by atoms with Crippen molar-refractivity contribution >= 4 is 0 Å². The van der Waals surface area contributed by atoms with Gasteiger partial charge in [-0.25, -0.2) is 4.98 Å². The Hall–Kier alpha value is -2.09. The van der Waals surface area contributed by atoms with Gasteiger partial charge in [0.2, 0.25) is 0 Å². The maximum Gasteiger partial charge on any atom is 0.123 e. The molecule has 0 N–H and O–H groups in total. The summed E-state index contributed by atoms with van der Waals surface area (Å²) >= 11 is 0. The quantitative estimate of drug-likeness (QED) is 0.555. The Kier molecular flexibility index (Phi) is 5.97. The molecule has 0 bridgehead atoms. The molecule has 23 heavy (non-hydrogen) atoms. The second-order valence-corrected chi connectivity index (χ2v) is 5.98. The Bertz CT molecular complexity index is 654. The third kappa shape index (κ3) is 4.44. The third-order valence-corrected chi connectivity index (χ3v) is 3.76. The fourth-order valence-corrected chi connectivity index (χ4v) is 2.44. The van der Waals surface area contributed by atoms with E-state index in [2.05, 4.69) is 23.0 Å². The molecule has 0 aliphatic heterocycles. The Morgan fingerprint density at radius 2 is 2.00 bits per heavy atom. The molecule has 0 radical (unpaired) electrons. The van der Waals surface area contributed by atoms with Crippen LogP contribution in [0.25, 0.3) is 0 Å². The predicted molar refractivity (Wildman–Crippen MR) is 90.9 cm³/mol. The fraction of sp³-hybridized carbons (Fsp3) is 0.421. The van der Waals surface area contributed by atoms with Gasteiger partial charge in [-0.1, -0.05) is 36.3 Å². The van der Waals surface area contributed by atoms with Gasteiger partial charge in [0.05, 0.1) is 30.7 Å². The molecule has 1 aromatic heterocycles. The maximum atomic E-state index is 5.79. The van der Waals surface area contributed by atoms with Crippen LogP contribution in [0.4, 0.5) is 0 Å². The molecule has 4 nitrogen and oxygen atoms in total. The van der Waals surface area contributed by atoms with Crippen molar-refractivity contribution in [2.75, 3.05) is 13.7 Å². The highest BCUT2D eigenvalue weighted by Gasteiger charge is 2.25. The van der Waals surface area contributed by atoms with Crippen LogP contribution in [0.5, 0.6) is 0 Å². The van der Waals surface area contributed by atoms with Gasteiger partial charge in [0.15, 0.2) is 0 Å². The molecule has 0 fully saturated rings. The molecule has 0 saturated carbocycles. The normalized spacial score (nSPS) is 11.4. The maximum absolute atomic E-state index is 5.79. The smallest absolute Gasteiger partial charge is 0.123 e. The second kappa shape index (κ2) is 7.96. The number of hydrogen-bond acceptors (Lipinski definition) is 3. The lowest BCUT2D eigenvalue weighted by Crippen LogP contribution is -2.19. The molecule has 122 valence electrons. The average molecular weight is 312 g/mol. The topological polar surface area (TPSA) is 36.3 Å². The van der Waals surface area contributed by atoms with E-state index < -0.39 is 5.41 Å². The standard InChI is InChI=1S/C19H24N2O2/c1-5-19(2,3)18-17(21(14-20-18)15-22-4)11-12-23-13-16-9-7-6-8-10-16/h1,6-10,14H,11-13,15H2,2-4H3. The van der Waals surface area contributed by atoms with Crippen molar-refractivity contribution in [3.8, 4) is 12.3 Å². The van der Waals surface area contributed by atoms with E-state index in [1.807, 2.05) is 36.6 Å². The zero-order chi connectivity index (χ0) is 16.7. The summed E-state index contributed by atoms with van der Waals surface area (Å²) in [6, 6.07) is 10.1. The van der Waals surface area contributed by atoms with E-state index in [-0.39, 0.29) is 0 Å². The number of hydrogen-bond donors (Lipinski definition) is 0. The minimum Gasteiger partial charge on any atom is -0.376 e. The van der Waals surface area contributed by atoms with Crippen LogP contribution in [0.2, 0.25) is 0 Å². The Morgan fingerprint density at radius 1 is 1.26 bits per heavy atom. The number of nitrogens with zero attached hydrogens (tertiary/aromatic N) is 2. The predicted octanol–water partition coefficient (Wildman–Crippen LogP) is 3.16. The fourth-order valence-electron chi connectivity index (χ4n) is 2.44. The Balaban J connectivity index is 2.03. The first kappa shape index (κ1) is 17.3. The molecular weight excluding hydrogens is 288 g/mol. The van der Waals surface area contributed by atoms with Crippen molar-refractivity contribution in [2.45, 2.75) is 39.0 Å². The van der Waals surface area contributed by atoms with Crippen molar-refractivity contribution in [1.29, 1.82) is 0 Å². The second-order valence-electron chi connectivity index (χ2n) is 5.98. The van der Waals surface area contributed by atoms with Gasteiger partial charge in [0.25, 0.3) is 0 Å². The lowest BCUT2D eigenvalue weighted by Gasteiger charge is -2.18. The first-order valence-electron chi connectivity index (χ1n) is 7.71. The van der Waals surface area contributed by atoms with Crippen LogP contribution in [0.15, 0.2) is 36.7 Å². The van der Waals surface area contributed by atoms with Gasteiger partial charge in [-0.15, -0.1) is 6.42 Å². The number of methoxy groups -OCH3 is 1. The lowest BCUT2D eigenvalue weighted by atomic mass is 9.88. The molecule has 0 amide bonds. The zero-order valence-electron chi connectivity index (χ0n) is 14.1. The summed E-state index contributed by atoms with van der Waals surface area (Å²) in [6.45, 7) is 5.67. The van der Waals surface area contributed by atoms with Gasteiger partial charge in [0, 0.05) is 19.2 Å². The van der Waals surface area contributed by atoms with E-state index in [4.69, 9.17) is 15.9 Å². The summed E-state index contributed by atoms with van der Waals surface area (Å²) in [7, 11) is 1.67. The molecule has 4 heteroatoms. The van der Waals surface area contributed by atoms with Crippen LogP contribution < -0.4 is 0 Å². The summed E-state index contributed by atoms with van der Waals surface area (Å²) in [5.41, 5.74) is 2.75. The van der Waals surface area contributed by atoms with E-state index in [1.165, 1.54) is 5.56 Å². The van der Waals surface area contributed by atoms with Crippen LogP contribution in [0, 0.1) is 12.3 Å². The number of ether oxygens (including phenoxy) is 2. The first-order valence-corrected chi connectivity index (χ1v) is 7.71. The minimum atomic E-state index is -0.409. The van der Waals surface area contributed by atoms with Gasteiger partial charge < -0.3 is 14.0 Å². The molecule has 1 heterocycles. The van der Waals surface area contributed by atoms with Gasteiger partial charge in [0.1, 0.15) is 6.73 Å². The largest absolute Gasteiger partial charge is 0.376 e. The Morgan fingerprint density at radius 3 is 2.65 bits per heavy atom. The summed E-state index contributed by atoms with van der Waals surface area (Å²) in [5.74, 6) is 2.81. The number of terminal acetylenes is 1. The highest BCUT2D eigenvalue weighted by molar-refractivity contribution is 5.30. The highest BCUT2D eigenvalue weighted by atomic mass is 16.5. The van der Waals surface area contributed by atoms with Crippen molar-refractivity contribution in [3.63, 3.8) is 0 Å². The van der Waals surface area contributed by atoms with Crippen molar-refractivity contribution in [2.24, 2.45) is 0 Å². The molecule has 0 aliphatic carbocycles. The summed E-state index contributed by atoms with van der Waals surface area (Å²) in [6.07, 6.45) is 8.19. The van der Waals surface area contributed by atoms with E-state index in [1.54, 1.807) is 13.4 Å². The molecular formula is C19H24N2O2. The first-order chi connectivity index (χ1) is 11.1. The number of rotatable bonds is 8. The van der Waals surface area contributed by atoms with Crippen LogP contribution in [0.3, 0.4) is 0 Å². The molecule has 0 aliphatic rings. The summed E-state index contributed by atoms with van der Waals surface area (Å²) < 4.78 is 13.0. The van der Waals surface area contributed by atoms with Crippen LogP contribution >= 0.6 is 0 Å². The van der Waals surface area contributed by atoms with Gasteiger partial charge >= 0.3 is 0 Å². The average Bonchev–Trinajstić information content (AvgIpc) is 2.96. The van der Waals surface area contributed by atoms with Gasteiger partial charge in [-0.2, -0.15) is 0 Å². The molecule has 1 aromatic carbocycles. The number of imidazole rings is 1. The number of benzene rings is 1. The summed E-state index contributed by atoms with van der Waals surface area (Å²) in [5, 5.41) is 0. The van der Waals surface area contributed by atoms with Crippen molar-refractivity contribution in [3.05, 3.63) is 53.6 Å². The number of aromatic nitrogens is 2. The molecule has 0 saturated heterocycles. The van der Waals surface area contributed by atoms with Gasteiger partial charge in [-0.3, -0.25) is 0 Å². The molecule has 0 atom stereocenters. The summed E-state index contributed by atoms with van der Waals surface area (Å²) in [4.78, 5) is 4.50. The Labute approximate surface area is 138 Å². The third-order valence-electron chi connectivity index (χ3n) is 3.76. The highest BCUT2D eigenvalue weighted by Crippen LogP contribution is 2.25. The van der Waals surface area contributed by atoms with E-state index in [0.717, 1.165) is 17.8 Å². The van der Waals surface area contributed by atoms with E-state index in [9.17, 15) is 0 Å². The van der Waals surface area contributed by atoms with E-state index in [0.29, 0.717) is 19.9 Å². The van der Waals surface area contributed by atoms with Gasteiger partial charge in [-0.05, 0) is 19.4 Å². The van der Waals surface area contributed by atoms with E-state index >= 15 is 0 Å².